The third-order valence-corrected chi connectivity index (χ3v) is 4.76. The maximum atomic E-state index is 12.0. The predicted molar refractivity (Wildman–Crippen MR) is 79.5 cm³/mol. The molecule has 112 valence electrons. The van der Waals surface area contributed by atoms with Gasteiger partial charge in [0, 0.05) is 17.8 Å². The van der Waals surface area contributed by atoms with Crippen molar-refractivity contribution < 1.29 is 13.5 Å². The van der Waals surface area contributed by atoms with Crippen LogP contribution in [0.5, 0.6) is 5.75 Å². The van der Waals surface area contributed by atoms with E-state index in [9.17, 15) is 8.78 Å². The summed E-state index contributed by atoms with van der Waals surface area (Å²) >= 11 is 2.04. The van der Waals surface area contributed by atoms with Crippen LogP contribution in [-0.2, 0) is 6.54 Å². The van der Waals surface area contributed by atoms with Crippen molar-refractivity contribution >= 4 is 11.8 Å². The summed E-state index contributed by atoms with van der Waals surface area (Å²) in [5.41, 5.74) is 1.10. The Morgan fingerprint density at radius 1 is 1.30 bits per heavy atom. The van der Waals surface area contributed by atoms with Crippen LogP contribution in [0.25, 0.3) is 0 Å². The van der Waals surface area contributed by atoms with Crippen LogP contribution in [0.3, 0.4) is 0 Å². The number of hydrogen-bond acceptors (Lipinski definition) is 3. The summed E-state index contributed by atoms with van der Waals surface area (Å²) in [5, 5.41) is 4.34. The molecule has 1 N–H and O–H groups in total. The minimum absolute atomic E-state index is 0.212. The van der Waals surface area contributed by atoms with E-state index < -0.39 is 6.61 Å². The number of ether oxygens (including phenoxy) is 1. The minimum atomic E-state index is -2.76. The molecule has 2 unspecified atom stereocenters. The number of benzene rings is 1. The van der Waals surface area contributed by atoms with Crippen LogP contribution in [0.15, 0.2) is 24.3 Å². The molecule has 0 aromatic heterocycles. The van der Waals surface area contributed by atoms with E-state index in [2.05, 4.69) is 17.0 Å². The van der Waals surface area contributed by atoms with Crippen molar-refractivity contribution in [2.24, 2.45) is 0 Å². The Morgan fingerprint density at radius 2 is 2.05 bits per heavy atom. The highest BCUT2D eigenvalue weighted by Gasteiger charge is 2.23. The van der Waals surface area contributed by atoms with Gasteiger partial charge in [0.25, 0.3) is 0 Å². The van der Waals surface area contributed by atoms with Crippen molar-refractivity contribution in [1.82, 2.24) is 5.32 Å². The van der Waals surface area contributed by atoms with E-state index in [1.165, 1.54) is 25.0 Å². The fraction of sp³-hybridized carbons (Fsp3) is 0.600. The number of thioether (sulfide) groups is 1. The molecule has 0 saturated heterocycles. The molecule has 2 atom stereocenters. The van der Waals surface area contributed by atoms with Crippen LogP contribution in [0.4, 0.5) is 8.78 Å². The number of nitrogens with one attached hydrogen (secondary N) is 1. The van der Waals surface area contributed by atoms with Crippen molar-refractivity contribution in [2.75, 3.05) is 5.75 Å². The molecule has 2 rings (SSSR count). The van der Waals surface area contributed by atoms with Crippen molar-refractivity contribution in [1.29, 1.82) is 0 Å². The summed E-state index contributed by atoms with van der Waals surface area (Å²) in [6.07, 6.45) is 3.74. The van der Waals surface area contributed by atoms with Gasteiger partial charge in [-0.25, -0.2) is 0 Å². The van der Waals surface area contributed by atoms with Crippen LogP contribution in [0.2, 0.25) is 0 Å². The lowest BCUT2D eigenvalue weighted by molar-refractivity contribution is -0.0498. The average Bonchev–Trinajstić information content (AvgIpc) is 2.86. The molecule has 0 radical (unpaired) electrons. The van der Waals surface area contributed by atoms with Crippen molar-refractivity contribution in [3.63, 3.8) is 0 Å². The highest BCUT2D eigenvalue weighted by atomic mass is 32.2. The number of hydrogen-bond donors (Lipinski definition) is 1. The SMILES string of the molecule is CCSC1CCC(NCc2ccc(OC(F)F)cc2)C1. The van der Waals surface area contributed by atoms with Gasteiger partial charge < -0.3 is 10.1 Å². The summed E-state index contributed by atoms with van der Waals surface area (Å²) in [6, 6.07) is 7.42. The van der Waals surface area contributed by atoms with Crippen LogP contribution in [0.1, 0.15) is 31.7 Å². The summed E-state index contributed by atoms with van der Waals surface area (Å²) < 4.78 is 28.4. The van der Waals surface area contributed by atoms with Gasteiger partial charge >= 0.3 is 6.61 Å². The Labute approximate surface area is 123 Å². The van der Waals surface area contributed by atoms with Crippen LogP contribution in [0, 0.1) is 0 Å². The molecular weight excluding hydrogens is 280 g/mol. The first kappa shape index (κ1) is 15.6. The summed E-state index contributed by atoms with van der Waals surface area (Å²) in [7, 11) is 0. The zero-order valence-electron chi connectivity index (χ0n) is 11.6. The highest BCUT2D eigenvalue weighted by molar-refractivity contribution is 7.99. The van der Waals surface area contributed by atoms with Crippen molar-refractivity contribution in [3.8, 4) is 5.75 Å². The molecule has 0 heterocycles. The van der Waals surface area contributed by atoms with Gasteiger partial charge in [-0.1, -0.05) is 19.1 Å². The second-order valence-electron chi connectivity index (χ2n) is 4.99. The zero-order chi connectivity index (χ0) is 14.4. The molecule has 1 aromatic carbocycles. The van der Waals surface area contributed by atoms with Gasteiger partial charge in [-0.3, -0.25) is 0 Å². The normalized spacial score (nSPS) is 22.4. The minimum Gasteiger partial charge on any atom is -0.435 e. The van der Waals surface area contributed by atoms with Gasteiger partial charge in [-0.2, -0.15) is 20.5 Å². The van der Waals surface area contributed by atoms with E-state index in [0.29, 0.717) is 6.04 Å². The number of rotatable bonds is 7. The van der Waals surface area contributed by atoms with Crippen LogP contribution < -0.4 is 10.1 Å². The second-order valence-corrected chi connectivity index (χ2v) is 6.57. The second kappa shape index (κ2) is 7.84. The quantitative estimate of drug-likeness (QED) is 0.821. The van der Waals surface area contributed by atoms with Gasteiger partial charge in [0.2, 0.25) is 0 Å². The van der Waals surface area contributed by atoms with Gasteiger partial charge in [-0.15, -0.1) is 0 Å². The van der Waals surface area contributed by atoms with E-state index in [0.717, 1.165) is 17.4 Å². The summed E-state index contributed by atoms with van der Waals surface area (Å²) in [6.45, 7) is 0.225. The fourth-order valence-corrected chi connectivity index (χ4v) is 3.71. The summed E-state index contributed by atoms with van der Waals surface area (Å²) in [5.74, 6) is 1.40. The molecule has 0 bridgehead atoms. The highest BCUT2D eigenvalue weighted by Crippen LogP contribution is 2.29. The van der Waals surface area contributed by atoms with Gasteiger partial charge in [0.05, 0.1) is 0 Å². The molecule has 1 aliphatic rings. The van der Waals surface area contributed by atoms with Gasteiger partial charge in [-0.05, 0) is 42.7 Å². The molecule has 2 nitrogen and oxygen atoms in total. The zero-order valence-corrected chi connectivity index (χ0v) is 12.5. The maximum Gasteiger partial charge on any atom is 0.387 e. The van der Waals surface area contributed by atoms with Crippen molar-refractivity contribution in [3.05, 3.63) is 29.8 Å². The van der Waals surface area contributed by atoms with Gasteiger partial charge in [0.15, 0.2) is 0 Å². The molecule has 1 saturated carbocycles. The lowest BCUT2D eigenvalue weighted by Gasteiger charge is -2.13. The molecular formula is C15H21F2NOS. The average molecular weight is 301 g/mol. The van der Waals surface area contributed by atoms with E-state index in [-0.39, 0.29) is 5.75 Å². The van der Waals surface area contributed by atoms with E-state index >= 15 is 0 Å². The summed E-state index contributed by atoms with van der Waals surface area (Å²) in [4.78, 5) is 0. The van der Waals surface area contributed by atoms with Crippen LogP contribution in [-0.4, -0.2) is 23.7 Å². The monoisotopic (exact) mass is 301 g/mol. The Morgan fingerprint density at radius 3 is 2.70 bits per heavy atom. The molecule has 20 heavy (non-hydrogen) atoms. The number of alkyl halides is 2. The third kappa shape index (κ3) is 4.94. The van der Waals surface area contributed by atoms with Crippen molar-refractivity contribution in [2.45, 2.75) is 50.6 Å². The molecule has 1 fully saturated rings. The molecule has 0 aliphatic heterocycles. The van der Waals surface area contributed by atoms with E-state index in [1.54, 1.807) is 12.1 Å². The van der Waals surface area contributed by atoms with E-state index in [1.807, 2.05) is 23.9 Å². The first-order chi connectivity index (χ1) is 9.67. The van der Waals surface area contributed by atoms with Crippen LogP contribution >= 0.6 is 11.8 Å². The lowest BCUT2D eigenvalue weighted by atomic mass is 10.2. The maximum absolute atomic E-state index is 12.0. The smallest absolute Gasteiger partial charge is 0.387 e. The van der Waals surface area contributed by atoms with E-state index in [4.69, 9.17) is 0 Å². The fourth-order valence-electron chi connectivity index (χ4n) is 2.56. The number of halogens is 2. The molecule has 5 heteroatoms. The lowest BCUT2D eigenvalue weighted by Crippen LogP contribution is -2.26. The Balaban J connectivity index is 1.74. The Bertz CT molecular complexity index is 399. The topological polar surface area (TPSA) is 21.3 Å². The molecule has 1 aromatic rings. The van der Waals surface area contributed by atoms with Gasteiger partial charge in [0.1, 0.15) is 5.75 Å². The Hall–Kier alpha value is -0.810. The first-order valence-corrected chi connectivity index (χ1v) is 8.11. The predicted octanol–water partition coefficient (Wildman–Crippen LogP) is 4.05. The standard InChI is InChI=1S/C15H21F2NOS/c1-2-20-14-8-5-12(9-14)18-10-11-3-6-13(7-4-11)19-15(16)17/h3-4,6-7,12,14-15,18H,2,5,8-10H2,1H3. The largest absolute Gasteiger partial charge is 0.435 e. The molecule has 0 amide bonds. The third-order valence-electron chi connectivity index (χ3n) is 3.53. The Kier molecular flexibility index (Phi) is 6.10. The first-order valence-electron chi connectivity index (χ1n) is 7.06. The molecule has 0 spiro atoms. The molecule has 1 aliphatic carbocycles.